The van der Waals surface area contributed by atoms with Crippen LogP contribution < -0.4 is 10.6 Å². The summed E-state index contributed by atoms with van der Waals surface area (Å²) in [6, 6.07) is 0. The minimum absolute atomic E-state index is 0.157. The normalized spacial score (nSPS) is 23.5. The Hall–Kier alpha value is -0.610. The molecule has 0 spiro atoms. The molecule has 2 aliphatic rings. The molecule has 0 radical (unpaired) electrons. The van der Waals surface area contributed by atoms with Gasteiger partial charge in [-0.2, -0.15) is 0 Å². The SMILES string of the molecule is O=C(O)CC1(NCCCC2CC2)CNC1. The summed E-state index contributed by atoms with van der Waals surface area (Å²) < 4.78 is 0. The number of aliphatic carboxylic acids is 1. The van der Waals surface area contributed by atoms with Gasteiger partial charge >= 0.3 is 5.97 Å². The topological polar surface area (TPSA) is 61.4 Å². The third-order valence-corrected chi connectivity index (χ3v) is 3.40. The van der Waals surface area contributed by atoms with Crippen LogP contribution in [0.5, 0.6) is 0 Å². The molecule has 0 aromatic rings. The van der Waals surface area contributed by atoms with Crippen molar-refractivity contribution >= 4 is 5.97 Å². The summed E-state index contributed by atoms with van der Waals surface area (Å²) in [6.45, 7) is 2.55. The lowest BCUT2D eigenvalue weighted by Gasteiger charge is -2.42. The number of nitrogens with one attached hydrogen (secondary N) is 2. The third-order valence-electron chi connectivity index (χ3n) is 3.40. The monoisotopic (exact) mass is 212 g/mol. The molecule has 86 valence electrons. The minimum atomic E-state index is -0.703. The lowest BCUT2D eigenvalue weighted by molar-refractivity contribution is -0.139. The molecule has 1 aliphatic heterocycles. The van der Waals surface area contributed by atoms with E-state index in [1.807, 2.05) is 0 Å². The number of carboxylic acids is 1. The molecule has 0 atom stereocenters. The van der Waals surface area contributed by atoms with Crippen molar-refractivity contribution in [2.45, 2.75) is 37.6 Å². The Morgan fingerprint density at radius 1 is 1.47 bits per heavy atom. The second kappa shape index (κ2) is 4.49. The predicted molar refractivity (Wildman–Crippen MR) is 57.8 cm³/mol. The largest absolute Gasteiger partial charge is 0.481 e. The van der Waals surface area contributed by atoms with Crippen LogP contribution in [0.25, 0.3) is 0 Å². The van der Waals surface area contributed by atoms with Crippen LogP contribution in [0.3, 0.4) is 0 Å². The van der Waals surface area contributed by atoms with Crippen molar-refractivity contribution in [2.24, 2.45) is 5.92 Å². The molecule has 0 unspecified atom stereocenters. The third kappa shape index (κ3) is 3.18. The first-order valence-electron chi connectivity index (χ1n) is 5.88. The van der Waals surface area contributed by atoms with Gasteiger partial charge in [-0.15, -0.1) is 0 Å². The Bertz CT molecular complexity index is 235. The molecule has 0 aromatic carbocycles. The molecule has 2 fully saturated rings. The first-order chi connectivity index (χ1) is 7.20. The van der Waals surface area contributed by atoms with Crippen molar-refractivity contribution < 1.29 is 9.90 Å². The van der Waals surface area contributed by atoms with Gasteiger partial charge in [0.1, 0.15) is 0 Å². The second-order valence-corrected chi connectivity index (χ2v) is 4.97. The number of carbonyl (C=O) groups is 1. The molecule has 0 aromatic heterocycles. The minimum Gasteiger partial charge on any atom is -0.481 e. The van der Waals surface area contributed by atoms with E-state index in [0.717, 1.165) is 25.6 Å². The van der Waals surface area contributed by atoms with Gasteiger partial charge in [0, 0.05) is 13.1 Å². The summed E-state index contributed by atoms with van der Waals surface area (Å²) in [6.07, 6.45) is 5.54. The van der Waals surface area contributed by atoms with Gasteiger partial charge in [-0.1, -0.05) is 12.8 Å². The maximum Gasteiger partial charge on any atom is 0.305 e. The zero-order valence-electron chi connectivity index (χ0n) is 9.09. The van der Waals surface area contributed by atoms with Gasteiger partial charge in [-0.25, -0.2) is 0 Å². The van der Waals surface area contributed by atoms with Crippen LogP contribution in [0.4, 0.5) is 0 Å². The zero-order valence-corrected chi connectivity index (χ0v) is 9.09. The van der Waals surface area contributed by atoms with Crippen molar-refractivity contribution in [3.8, 4) is 0 Å². The second-order valence-electron chi connectivity index (χ2n) is 4.97. The maximum absolute atomic E-state index is 10.7. The number of hydrogen-bond donors (Lipinski definition) is 3. The van der Waals surface area contributed by atoms with E-state index in [9.17, 15) is 4.79 Å². The highest BCUT2D eigenvalue weighted by molar-refractivity contribution is 5.68. The van der Waals surface area contributed by atoms with E-state index in [-0.39, 0.29) is 12.0 Å². The summed E-state index contributed by atoms with van der Waals surface area (Å²) in [5.41, 5.74) is -0.157. The average Bonchev–Trinajstić information content (AvgIpc) is 2.90. The van der Waals surface area contributed by atoms with Gasteiger partial charge in [0.15, 0.2) is 0 Å². The van der Waals surface area contributed by atoms with Gasteiger partial charge in [-0.05, 0) is 25.3 Å². The van der Waals surface area contributed by atoms with Gasteiger partial charge in [0.05, 0.1) is 12.0 Å². The van der Waals surface area contributed by atoms with E-state index in [0.29, 0.717) is 0 Å². The Kier molecular flexibility index (Phi) is 3.26. The molecule has 4 nitrogen and oxygen atoms in total. The number of rotatable bonds is 7. The van der Waals surface area contributed by atoms with E-state index in [1.54, 1.807) is 0 Å². The van der Waals surface area contributed by atoms with Gasteiger partial charge in [-0.3, -0.25) is 4.79 Å². The highest BCUT2D eigenvalue weighted by Gasteiger charge is 2.38. The van der Waals surface area contributed by atoms with Crippen LogP contribution in [-0.4, -0.2) is 36.2 Å². The molecule has 1 aliphatic carbocycles. The first kappa shape index (κ1) is 10.9. The van der Waals surface area contributed by atoms with E-state index in [2.05, 4.69) is 10.6 Å². The number of hydrogen-bond acceptors (Lipinski definition) is 3. The molecule has 1 saturated heterocycles. The molecule has 1 saturated carbocycles. The van der Waals surface area contributed by atoms with E-state index in [4.69, 9.17) is 5.11 Å². The van der Waals surface area contributed by atoms with E-state index >= 15 is 0 Å². The molecule has 15 heavy (non-hydrogen) atoms. The first-order valence-corrected chi connectivity index (χ1v) is 5.88. The fourth-order valence-corrected chi connectivity index (χ4v) is 2.18. The van der Waals surface area contributed by atoms with Gasteiger partial charge < -0.3 is 15.7 Å². The average molecular weight is 212 g/mol. The van der Waals surface area contributed by atoms with Crippen molar-refractivity contribution in [3.05, 3.63) is 0 Å². The fraction of sp³-hybridized carbons (Fsp3) is 0.909. The smallest absolute Gasteiger partial charge is 0.305 e. The van der Waals surface area contributed by atoms with Crippen LogP contribution in [0, 0.1) is 5.92 Å². The van der Waals surface area contributed by atoms with E-state index in [1.165, 1.54) is 25.7 Å². The Morgan fingerprint density at radius 2 is 2.20 bits per heavy atom. The van der Waals surface area contributed by atoms with Crippen LogP contribution in [-0.2, 0) is 4.79 Å². The van der Waals surface area contributed by atoms with Crippen molar-refractivity contribution in [2.75, 3.05) is 19.6 Å². The Morgan fingerprint density at radius 3 is 2.67 bits per heavy atom. The summed E-state index contributed by atoms with van der Waals surface area (Å²) in [4.78, 5) is 10.7. The van der Waals surface area contributed by atoms with Crippen LogP contribution >= 0.6 is 0 Å². The van der Waals surface area contributed by atoms with Gasteiger partial charge in [0.2, 0.25) is 0 Å². The Balaban J connectivity index is 1.63. The van der Waals surface area contributed by atoms with Crippen molar-refractivity contribution in [1.29, 1.82) is 0 Å². The molecule has 3 N–H and O–H groups in total. The summed E-state index contributed by atoms with van der Waals surface area (Å²) >= 11 is 0. The van der Waals surface area contributed by atoms with Crippen molar-refractivity contribution in [1.82, 2.24) is 10.6 Å². The molecule has 2 rings (SSSR count). The number of carboxylic acid groups (broad SMARTS) is 1. The van der Waals surface area contributed by atoms with Crippen LogP contribution in [0.15, 0.2) is 0 Å². The highest BCUT2D eigenvalue weighted by atomic mass is 16.4. The Labute approximate surface area is 90.4 Å². The highest BCUT2D eigenvalue weighted by Crippen LogP contribution is 2.33. The predicted octanol–water partition coefficient (Wildman–Crippen LogP) is 0.583. The molecule has 0 amide bonds. The van der Waals surface area contributed by atoms with Gasteiger partial charge in [0.25, 0.3) is 0 Å². The quantitative estimate of drug-likeness (QED) is 0.540. The molecule has 1 heterocycles. The molecular formula is C11H20N2O2. The van der Waals surface area contributed by atoms with Crippen LogP contribution in [0.2, 0.25) is 0 Å². The standard InChI is InChI=1S/C11H20N2O2/c14-10(15)6-11(7-12-8-11)13-5-1-2-9-3-4-9/h9,12-13H,1-8H2,(H,14,15). The fourth-order valence-electron chi connectivity index (χ4n) is 2.18. The summed E-state index contributed by atoms with van der Waals surface area (Å²) in [5, 5.41) is 15.3. The molecule has 4 heteroatoms. The van der Waals surface area contributed by atoms with Crippen LogP contribution in [0.1, 0.15) is 32.1 Å². The zero-order chi connectivity index (χ0) is 10.7. The van der Waals surface area contributed by atoms with Crippen molar-refractivity contribution in [3.63, 3.8) is 0 Å². The van der Waals surface area contributed by atoms with E-state index < -0.39 is 5.97 Å². The molecule has 0 bridgehead atoms. The summed E-state index contributed by atoms with van der Waals surface area (Å²) in [5.74, 6) is 0.271. The lowest BCUT2D eigenvalue weighted by Crippen LogP contribution is -2.68. The molecular weight excluding hydrogens is 192 g/mol. The lowest BCUT2D eigenvalue weighted by atomic mass is 9.88. The maximum atomic E-state index is 10.7. The summed E-state index contributed by atoms with van der Waals surface area (Å²) in [7, 11) is 0.